The first-order valence-electron chi connectivity index (χ1n) is 43.0. The summed E-state index contributed by atoms with van der Waals surface area (Å²) in [5, 5.41) is 10.6. The number of rotatable bonds is 82. The van der Waals surface area contributed by atoms with Crippen LogP contribution in [-0.4, -0.2) is 96.7 Å². The molecular formula is C83H162O17P2. The van der Waals surface area contributed by atoms with Gasteiger partial charge in [-0.25, -0.2) is 9.13 Å². The standard InChI is InChI=1S/C83H162O17P2/c1-7-9-11-13-15-17-18-19-20-23-27-30-36-42-48-54-60-66-81(86)94-72-79(100-82(87)67-61-55-49-43-37-31-28-25-22-21-24-26-29-34-40-45-51-57-63-75(3)4)74-98-102(91,92)96-70-77(84)69-95-101(89,90)97-73-78(71-93-80(85)65-59-53-47-39-16-14-12-10-8-2)99-83(88)68-62-56-50-44-38-33-32-35-41-46-52-58-64-76(5)6/h75-79,84H,7-74H2,1-6H3,(H,89,90)(H,91,92)/t77-,78+,79+/m0/s1. The quantitative estimate of drug-likeness (QED) is 0.0222. The second-order valence-corrected chi connectivity index (χ2v) is 33.7. The van der Waals surface area contributed by atoms with Crippen molar-refractivity contribution >= 4 is 39.5 Å². The van der Waals surface area contributed by atoms with Gasteiger partial charge in [0, 0.05) is 25.7 Å². The maximum atomic E-state index is 13.1. The highest BCUT2D eigenvalue weighted by molar-refractivity contribution is 7.47. The van der Waals surface area contributed by atoms with Crippen molar-refractivity contribution in [2.45, 2.75) is 458 Å². The zero-order valence-corrected chi connectivity index (χ0v) is 68.7. The van der Waals surface area contributed by atoms with E-state index in [-0.39, 0.29) is 25.7 Å². The van der Waals surface area contributed by atoms with Gasteiger partial charge in [-0.05, 0) is 37.5 Å². The zero-order chi connectivity index (χ0) is 74.9. The number of aliphatic hydroxyl groups is 1. The lowest BCUT2D eigenvalue weighted by Crippen LogP contribution is -2.30. The summed E-state index contributed by atoms with van der Waals surface area (Å²) in [6, 6.07) is 0. The van der Waals surface area contributed by atoms with Crippen LogP contribution in [0.5, 0.6) is 0 Å². The number of hydrogen-bond donors (Lipinski definition) is 3. The number of ether oxygens (including phenoxy) is 4. The van der Waals surface area contributed by atoms with Crippen molar-refractivity contribution in [3.63, 3.8) is 0 Å². The minimum absolute atomic E-state index is 0.107. The summed E-state index contributed by atoms with van der Waals surface area (Å²) in [6.45, 7) is 9.68. The number of carbonyl (C=O) groups is 4. The SMILES string of the molecule is CCCCCCCCCCCCCCCCCCCC(=O)OC[C@H](COP(=O)(O)OC[C@@H](O)COP(=O)(O)OC[C@@H](COC(=O)CCCCCCCCCCC)OC(=O)CCCCCCCCCCCCCCC(C)C)OC(=O)CCCCCCCCCCCCCCCCCCCCC(C)C. The van der Waals surface area contributed by atoms with Crippen LogP contribution in [0.25, 0.3) is 0 Å². The van der Waals surface area contributed by atoms with E-state index < -0.39 is 97.5 Å². The van der Waals surface area contributed by atoms with E-state index in [0.717, 1.165) is 102 Å². The third-order valence-corrected chi connectivity index (χ3v) is 21.4. The van der Waals surface area contributed by atoms with Crippen molar-refractivity contribution < 1.29 is 80.2 Å². The van der Waals surface area contributed by atoms with Gasteiger partial charge in [-0.3, -0.25) is 37.3 Å². The van der Waals surface area contributed by atoms with Gasteiger partial charge in [0.2, 0.25) is 0 Å². The molecule has 102 heavy (non-hydrogen) atoms. The molecular weight excluding hydrogens is 1330 g/mol. The predicted molar refractivity (Wildman–Crippen MR) is 418 cm³/mol. The summed E-state index contributed by atoms with van der Waals surface area (Å²) >= 11 is 0. The molecule has 0 heterocycles. The van der Waals surface area contributed by atoms with E-state index in [4.69, 9.17) is 37.0 Å². The summed E-state index contributed by atoms with van der Waals surface area (Å²) in [4.78, 5) is 73.0. The number of unbranched alkanes of at least 4 members (excludes halogenated alkanes) is 52. The molecule has 5 atom stereocenters. The Morgan fingerprint density at radius 1 is 0.265 bits per heavy atom. The Kier molecular flexibility index (Phi) is 73.1. The third-order valence-electron chi connectivity index (χ3n) is 19.5. The van der Waals surface area contributed by atoms with Gasteiger partial charge in [0.15, 0.2) is 12.2 Å². The first-order chi connectivity index (χ1) is 49.4. The molecule has 19 heteroatoms. The van der Waals surface area contributed by atoms with E-state index in [1.807, 2.05) is 0 Å². The minimum atomic E-state index is -4.96. The first-order valence-corrected chi connectivity index (χ1v) is 46.0. The van der Waals surface area contributed by atoms with Crippen molar-refractivity contribution in [1.82, 2.24) is 0 Å². The molecule has 17 nitrogen and oxygen atoms in total. The fourth-order valence-corrected chi connectivity index (χ4v) is 14.5. The van der Waals surface area contributed by atoms with Crippen LogP contribution in [0.15, 0.2) is 0 Å². The number of esters is 4. The van der Waals surface area contributed by atoms with Crippen molar-refractivity contribution in [3.05, 3.63) is 0 Å². The molecule has 0 amide bonds. The molecule has 0 fully saturated rings. The summed E-state index contributed by atoms with van der Waals surface area (Å²) in [5.41, 5.74) is 0. The van der Waals surface area contributed by atoms with Gasteiger partial charge in [-0.2, -0.15) is 0 Å². The highest BCUT2D eigenvalue weighted by atomic mass is 31.2. The average Bonchev–Trinajstić information content (AvgIpc) is 0.941. The normalized spacial score (nSPS) is 13.9. The summed E-state index contributed by atoms with van der Waals surface area (Å²) in [6.07, 6.45) is 65.3. The molecule has 0 spiro atoms. The molecule has 0 radical (unpaired) electrons. The molecule has 0 saturated heterocycles. The molecule has 0 aromatic carbocycles. The Balaban J connectivity index is 5.21. The fraction of sp³-hybridized carbons (Fsp3) is 0.952. The van der Waals surface area contributed by atoms with Gasteiger partial charge in [0.1, 0.15) is 19.3 Å². The highest BCUT2D eigenvalue weighted by Gasteiger charge is 2.30. The second kappa shape index (κ2) is 74.5. The fourth-order valence-electron chi connectivity index (χ4n) is 12.9. The Bertz CT molecular complexity index is 1960. The zero-order valence-electron chi connectivity index (χ0n) is 66.9. The van der Waals surface area contributed by atoms with E-state index >= 15 is 0 Å². The Hall–Kier alpha value is -1.94. The Labute approximate surface area is 626 Å². The molecule has 3 N–H and O–H groups in total. The van der Waals surface area contributed by atoms with Crippen LogP contribution in [0.3, 0.4) is 0 Å². The van der Waals surface area contributed by atoms with E-state index in [1.54, 1.807) is 0 Å². The first kappa shape index (κ1) is 100. The molecule has 0 saturated carbocycles. The summed E-state index contributed by atoms with van der Waals surface area (Å²) < 4.78 is 68.7. The Morgan fingerprint density at radius 3 is 0.667 bits per heavy atom. The Morgan fingerprint density at radius 2 is 0.451 bits per heavy atom. The van der Waals surface area contributed by atoms with E-state index in [9.17, 15) is 43.2 Å². The van der Waals surface area contributed by atoms with Gasteiger partial charge in [0.25, 0.3) is 0 Å². The average molecular weight is 1490 g/mol. The molecule has 0 rings (SSSR count). The largest absolute Gasteiger partial charge is 0.472 e. The lowest BCUT2D eigenvalue weighted by molar-refractivity contribution is -0.161. The summed E-state index contributed by atoms with van der Waals surface area (Å²) in [7, 11) is -9.92. The maximum Gasteiger partial charge on any atom is 0.472 e. The van der Waals surface area contributed by atoms with Gasteiger partial charge in [-0.1, -0.05) is 388 Å². The van der Waals surface area contributed by atoms with E-state index in [0.29, 0.717) is 25.7 Å². The molecule has 0 bridgehead atoms. The molecule has 0 aliphatic rings. The topological polar surface area (TPSA) is 237 Å². The molecule has 2 unspecified atom stereocenters. The molecule has 0 aliphatic heterocycles. The number of hydrogen-bond acceptors (Lipinski definition) is 15. The van der Waals surface area contributed by atoms with Crippen LogP contribution < -0.4 is 0 Å². The smallest absolute Gasteiger partial charge is 0.462 e. The summed E-state index contributed by atoms with van der Waals surface area (Å²) in [5.74, 6) is -0.509. The third kappa shape index (κ3) is 76.3. The molecule has 0 aromatic rings. The van der Waals surface area contributed by atoms with Crippen molar-refractivity contribution in [2.75, 3.05) is 39.6 Å². The van der Waals surface area contributed by atoms with Crippen molar-refractivity contribution in [1.29, 1.82) is 0 Å². The number of aliphatic hydroxyl groups excluding tert-OH is 1. The van der Waals surface area contributed by atoms with Crippen molar-refractivity contribution in [2.24, 2.45) is 11.8 Å². The van der Waals surface area contributed by atoms with Crippen LogP contribution in [-0.2, 0) is 65.4 Å². The highest BCUT2D eigenvalue weighted by Crippen LogP contribution is 2.45. The maximum absolute atomic E-state index is 13.1. The molecule has 606 valence electrons. The van der Waals surface area contributed by atoms with Gasteiger partial charge < -0.3 is 33.8 Å². The van der Waals surface area contributed by atoms with Crippen LogP contribution in [0.1, 0.15) is 440 Å². The molecule has 0 aliphatic carbocycles. The van der Waals surface area contributed by atoms with Crippen molar-refractivity contribution in [3.8, 4) is 0 Å². The monoisotopic (exact) mass is 1490 g/mol. The van der Waals surface area contributed by atoms with Gasteiger partial charge in [0.05, 0.1) is 26.4 Å². The lowest BCUT2D eigenvalue weighted by atomic mass is 10.0. The van der Waals surface area contributed by atoms with Crippen LogP contribution in [0.4, 0.5) is 0 Å². The number of phosphoric acid groups is 2. The van der Waals surface area contributed by atoms with E-state index in [2.05, 4.69) is 41.5 Å². The number of phosphoric ester groups is 2. The number of carbonyl (C=O) groups excluding carboxylic acids is 4. The lowest BCUT2D eigenvalue weighted by Gasteiger charge is -2.21. The van der Waals surface area contributed by atoms with Crippen LogP contribution >= 0.6 is 15.6 Å². The van der Waals surface area contributed by atoms with Gasteiger partial charge in [-0.15, -0.1) is 0 Å². The minimum Gasteiger partial charge on any atom is -0.462 e. The van der Waals surface area contributed by atoms with Gasteiger partial charge >= 0.3 is 39.5 Å². The molecule has 0 aromatic heterocycles. The van der Waals surface area contributed by atoms with E-state index in [1.165, 1.54) is 257 Å². The van der Waals surface area contributed by atoms with Crippen LogP contribution in [0.2, 0.25) is 0 Å². The predicted octanol–water partition coefficient (Wildman–Crippen LogP) is 25.1. The second-order valence-electron chi connectivity index (χ2n) is 30.8. The van der Waals surface area contributed by atoms with Crippen LogP contribution in [0, 0.1) is 11.8 Å².